The normalized spacial score (nSPS) is 10.3. The second-order valence-electron chi connectivity index (χ2n) is 3.41. The summed E-state index contributed by atoms with van der Waals surface area (Å²) in [5.74, 6) is 0.575. The number of nitrogens with one attached hydrogen (secondary N) is 1. The number of aromatic nitrogens is 3. The van der Waals surface area contributed by atoms with E-state index < -0.39 is 4.92 Å². The summed E-state index contributed by atoms with van der Waals surface area (Å²) in [4.78, 5) is 17.5. The Bertz CT molecular complexity index is 585. The summed E-state index contributed by atoms with van der Waals surface area (Å²) < 4.78 is 4.96. The van der Waals surface area contributed by atoms with Crippen molar-refractivity contribution in [2.75, 3.05) is 5.32 Å². The van der Waals surface area contributed by atoms with Gasteiger partial charge in [-0.1, -0.05) is 16.8 Å². The molecule has 0 bridgehead atoms. The second-order valence-corrected chi connectivity index (χ2v) is 3.76. The maximum absolute atomic E-state index is 10.8. The summed E-state index contributed by atoms with van der Waals surface area (Å²) in [6.45, 7) is 1.99. The quantitative estimate of drug-likeness (QED) is 0.513. The van der Waals surface area contributed by atoms with Crippen LogP contribution >= 0.6 is 11.6 Å². The van der Waals surface area contributed by atoms with Crippen LogP contribution in [-0.2, 0) is 6.54 Å². The van der Waals surface area contributed by atoms with Crippen LogP contribution in [0.3, 0.4) is 0 Å². The van der Waals surface area contributed by atoms with Crippen LogP contribution in [0.4, 0.5) is 11.5 Å². The summed E-state index contributed by atoms with van der Waals surface area (Å²) in [6, 6.07) is 1.71. The average Bonchev–Trinajstić information content (AvgIpc) is 2.72. The summed E-state index contributed by atoms with van der Waals surface area (Å²) >= 11 is 5.64. The largest absolute Gasteiger partial charge is 0.359 e. The third kappa shape index (κ3) is 2.54. The first-order chi connectivity index (χ1) is 8.58. The van der Waals surface area contributed by atoms with Crippen LogP contribution < -0.4 is 5.32 Å². The lowest BCUT2D eigenvalue weighted by Gasteiger charge is -2.03. The predicted molar refractivity (Wildman–Crippen MR) is 62.3 cm³/mol. The Morgan fingerprint density at radius 1 is 1.56 bits per heavy atom. The number of halogens is 1. The highest BCUT2D eigenvalue weighted by molar-refractivity contribution is 6.31. The van der Waals surface area contributed by atoms with E-state index in [4.69, 9.17) is 16.1 Å². The number of nitro groups is 1. The van der Waals surface area contributed by atoms with Crippen molar-refractivity contribution in [2.24, 2.45) is 0 Å². The standard InChI is InChI=1S/C9H8ClN5O3/c1-5-2-6(18-14-5)3-11-9-7(15(16)17)8(10)12-4-13-9/h2,4H,3H2,1H3,(H,11,12,13). The number of nitrogens with zero attached hydrogens (tertiary/aromatic N) is 4. The first kappa shape index (κ1) is 12.2. The first-order valence-electron chi connectivity index (χ1n) is 4.89. The molecule has 94 valence electrons. The van der Waals surface area contributed by atoms with E-state index in [0.29, 0.717) is 5.76 Å². The highest BCUT2D eigenvalue weighted by atomic mass is 35.5. The van der Waals surface area contributed by atoms with Gasteiger partial charge in [-0.15, -0.1) is 0 Å². The molecule has 0 saturated heterocycles. The molecule has 0 radical (unpaired) electrons. The van der Waals surface area contributed by atoms with Crippen LogP contribution in [-0.4, -0.2) is 20.0 Å². The van der Waals surface area contributed by atoms with Crippen molar-refractivity contribution in [3.05, 3.63) is 39.1 Å². The molecule has 18 heavy (non-hydrogen) atoms. The predicted octanol–water partition coefficient (Wildman–Crippen LogP) is 1.95. The van der Waals surface area contributed by atoms with Gasteiger partial charge in [0.1, 0.15) is 6.33 Å². The fraction of sp³-hybridized carbons (Fsp3) is 0.222. The molecule has 8 nitrogen and oxygen atoms in total. The number of anilines is 1. The van der Waals surface area contributed by atoms with Gasteiger partial charge in [0.2, 0.25) is 11.0 Å². The summed E-state index contributed by atoms with van der Waals surface area (Å²) in [5.41, 5.74) is 0.359. The Hall–Kier alpha value is -2.22. The average molecular weight is 270 g/mol. The SMILES string of the molecule is Cc1cc(CNc2ncnc(Cl)c2[N+](=O)[O-])on1. The number of hydrogen-bond donors (Lipinski definition) is 1. The second kappa shape index (κ2) is 4.96. The molecule has 0 atom stereocenters. The fourth-order valence-electron chi connectivity index (χ4n) is 1.32. The zero-order valence-electron chi connectivity index (χ0n) is 9.25. The molecule has 0 aliphatic carbocycles. The van der Waals surface area contributed by atoms with Crippen LogP contribution in [0.2, 0.25) is 5.15 Å². The van der Waals surface area contributed by atoms with E-state index in [1.807, 2.05) is 0 Å². The van der Waals surface area contributed by atoms with Crippen molar-refractivity contribution in [2.45, 2.75) is 13.5 Å². The monoisotopic (exact) mass is 269 g/mol. The number of aryl methyl sites for hydroxylation is 1. The van der Waals surface area contributed by atoms with Gasteiger partial charge in [0.15, 0.2) is 5.76 Å². The minimum absolute atomic E-state index is 0.0362. The van der Waals surface area contributed by atoms with Gasteiger partial charge >= 0.3 is 5.69 Å². The first-order valence-corrected chi connectivity index (χ1v) is 5.26. The van der Waals surface area contributed by atoms with E-state index >= 15 is 0 Å². The van der Waals surface area contributed by atoms with Crippen molar-refractivity contribution >= 4 is 23.1 Å². The highest BCUT2D eigenvalue weighted by Gasteiger charge is 2.21. The topological polar surface area (TPSA) is 107 Å². The lowest BCUT2D eigenvalue weighted by molar-refractivity contribution is -0.384. The summed E-state index contributed by atoms with van der Waals surface area (Å²) in [5, 5.41) is 17.1. The minimum atomic E-state index is -0.643. The van der Waals surface area contributed by atoms with Crippen molar-refractivity contribution in [1.82, 2.24) is 15.1 Å². The Morgan fingerprint density at radius 3 is 2.94 bits per heavy atom. The molecule has 2 aromatic heterocycles. The molecule has 0 amide bonds. The Labute approximate surface area is 106 Å². The molecule has 0 aromatic carbocycles. The van der Waals surface area contributed by atoms with Gasteiger partial charge in [-0.3, -0.25) is 10.1 Å². The van der Waals surface area contributed by atoms with Crippen LogP contribution in [0.5, 0.6) is 0 Å². The maximum Gasteiger partial charge on any atom is 0.348 e. The van der Waals surface area contributed by atoms with Crippen molar-refractivity contribution in [1.29, 1.82) is 0 Å². The van der Waals surface area contributed by atoms with Crippen molar-refractivity contribution in [3.8, 4) is 0 Å². The summed E-state index contributed by atoms with van der Waals surface area (Å²) in [6.07, 6.45) is 1.14. The van der Waals surface area contributed by atoms with E-state index in [2.05, 4.69) is 20.4 Å². The molecule has 0 aliphatic heterocycles. The van der Waals surface area contributed by atoms with E-state index in [-0.39, 0.29) is 23.2 Å². The third-order valence-corrected chi connectivity index (χ3v) is 2.34. The highest BCUT2D eigenvalue weighted by Crippen LogP contribution is 2.28. The van der Waals surface area contributed by atoms with Gasteiger partial charge in [-0.05, 0) is 6.92 Å². The molecular weight excluding hydrogens is 262 g/mol. The zero-order valence-corrected chi connectivity index (χ0v) is 10.0. The molecule has 1 N–H and O–H groups in total. The van der Waals surface area contributed by atoms with E-state index in [9.17, 15) is 10.1 Å². The van der Waals surface area contributed by atoms with Gasteiger partial charge in [-0.25, -0.2) is 9.97 Å². The van der Waals surface area contributed by atoms with Gasteiger partial charge in [0.25, 0.3) is 0 Å². The molecule has 2 aromatic rings. The fourth-order valence-corrected chi connectivity index (χ4v) is 1.52. The van der Waals surface area contributed by atoms with Crippen molar-refractivity contribution < 1.29 is 9.45 Å². The van der Waals surface area contributed by atoms with Crippen molar-refractivity contribution in [3.63, 3.8) is 0 Å². The van der Waals surface area contributed by atoms with E-state index in [1.165, 1.54) is 0 Å². The molecule has 9 heteroatoms. The van der Waals surface area contributed by atoms with Crippen LogP contribution in [0.25, 0.3) is 0 Å². The van der Waals surface area contributed by atoms with E-state index in [0.717, 1.165) is 12.0 Å². The Kier molecular flexibility index (Phi) is 3.38. The molecular formula is C9H8ClN5O3. The number of hydrogen-bond acceptors (Lipinski definition) is 7. The molecule has 0 saturated carbocycles. The molecule has 0 aliphatic rings. The smallest absolute Gasteiger partial charge is 0.348 e. The third-order valence-electron chi connectivity index (χ3n) is 2.07. The van der Waals surface area contributed by atoms with Gasteiger partial charge < -0.3 is 9.84 Å². The van der Waals surface area contributed by atoms with Crippen LogP contribution in [0.1, 0.15) is 11.5 Å². The molecule has 0 unspecified atom stereocenters. The molecule has 0 fully saturated rings. The van der Waals surface area contributed by atoms with Gasteiger partial charge in [0, 0.05) is 6.07 Å². The lowest BCUT2D eigenvalue weighted by atomic mass is 10.4. The zero-order chi connectivity index (χ0) is 13.1. The van der Waals surface area contributed by atoms with Gasteiger partial charge in [0.05, 0.1) is 17.2 Å². The molecule has 2 heterocycles. The van der Waals surface area contributed by atoms with E-state index in [1.54, 1.807) is 13.0 Å². The van der Waals surface area contributed by atoms with Crippen LogP contribution in [0, 0.1) is 17.0 Å². The maximum atomic E-state index is 10.8. The molecule has 2 rings (SSSR count). The van der Waals surface area contributed by atoms with Crippen LogP contribution in [0.15, 0.2) is 16.9 Å². The lowest BCUT2D eigenvalue weighted by Crippen LogP contribution is -2.05. The molecule has 0 spiro atoms. The minimum Gasteiger partial charge on any atom is -0.359 e. The Morgan fingerprint density at radius 2 is 2.33 bits per heavy atom. The summed E-state index contributed by atoms with van der Waals surface area (Å²) in [7, 11) is 0. The Balaban J connectivity index is 2.19. The number of rotatable bonds is 4. The van der Waals surface area contributed by atoms with Gasteiger partial charge in [-0.2, -0.15) is 0 Å².